The Morgan fingerprint density at radius 1 is 1.53 bits per heavy atom. The minimum Gasteiger partial charge on any atom is -0.439 e. The first-order chi connectivity index (χ1) is 8.24. The summed E-state index contributed by atoms with van der Waals surface area (Å²) in [7, 11) is 0. The first-order valence-electron chi connectivity index (χ1n) is 5.76. The van der Waals surface area contributed by atoms with Gasteiger partial charge in [-0.15, -0.1) is 0 Å². The SMILES string of the molecule is NC(c1nc2ccc(Cl)cc2o1)[C@@H]1CCNC1. The van der Waals surface area contributed by atoms with E-state index in [-0.39, 0.29) is 6.04 Å². The Morgan fingerprint density at radius 2 is 2.41 bits per heavy atom. The maximum Gasteiger partial charge on any atom is 0.212 e. The first-order valence-corrected chi connectivity index (χ1v) is 6.14. The van der Waals surface area contributed by atoms with E-state index in [2.05, 4.69) is 10.3 Å². The third kappa shape index (κ3) is 2.04. The summed E-state index contributed by atoms with van der Waals surface area (Å²) < 4.78 is 5.67. The molecular formula is C12H14ClN3O. The number of nitrogens with zero attached hydrogens (tertiary/aromatic N) is 1. The van der Waals surface area contributed by atoms with Gasteiger partial charge in [-0.25, -0.2) is 4.98 Å². The van der Waals surface area contributed by atoms with E-state index in [1.165, 1.54) is 0 Å². The summed E-state index contributed by atoms with van der Waals surface area (Å²) in [6.07, 6.45) is 1.07. The van der Waals surface area contributed by atoms with Gasteiger partial charge in [0.2, 0.25) is 5.89 Å². The van der Waals surface area contributed by atoms with Crippen LogP contribution in [0, 0.1) is 5.92 Å². The third-order valence-electron chi connectivity index (χ3n) is 3.26. The normalized spacial score (nSPS) is 22.1. The van der Waals surface area contributed by atoms with Gasteiger partial charge < -0.3 is 15.5 Å². The van der Waals surface area contributed by atoms with Crippen molar-refractivity contribution in [2.24, 2.45) is 11.7 Å². The zero-order valence-corrected chi connectivity index (χ0v) is 10.1. The number of halogens is 1. The molecule has 0 radical (unpaired) electrons. The second-order valence-corrected chi connectivity index (χ2v) is 4.88. The van der Waals surface area contributed by atoms with Crippen molar-refractivity contribution in [3.8, 4) is 0 Å². The molecule has 4 nitrogen and oxygen atoms in total. The molecule has 1 aliphatic heterocycles. The molecule has 0 amide bonds. The Kier molecular flexibility index (Phi) is 2.78. The summed E-state index contributed by atoms with van der Waals surface area (Å²) in [6, 6.07) is 5.28. The number of nitrogens with one attached hydrogen (secondary N) is 1. The van der Waals surface area contributed by atoms with Crippen LogP contribution in [0.1, 0.15) is 18.4 Å². The highest BCUT2D eigenvalue weighted by atomic mass is 35.5. The molecule has 1 unspecified atom stereocenters. The van der Waals surface area contributed by atoms with Gasteiger partial charge in [-0.1, -0.05) is 11.6 Å². The van der Waals surface area contributed by atoms with Crippen molar-refractivity contribution < 1.29 is 4.42 Å². The van der Waals surface area contributed by atoms with Crippen LogP contribution in [0.3, 0.4) is 0 Å². The third-order valence-corrected chi connectivity index (χ3v) is 3.49. The predicted molar refractivity (Wildman–Crippen MR) is 66.9 cm³/mol. The predicted octanol–water partition coefficient (Wildman–Crippen LogP) is 2.09. The number of fused-ring (bicyclic) bond motifs is 1. The molecule has 1 saturated heterocycles. The van der Waals surface area contributed by atoms with Crippen LogP contribution in [0.5, 0.6) is 0 Å². The zero-order valence-electron chi connectivity index (χ0n) is 9.32. The van der Waals surface area contributed by atoms with Gasteiger partial charge in [0, 0.05) is 11.1 Å². The molecule has 3 N–H and O–H groups in total. The van der Waals surface area contributed by atoms with Gasteiger partial charge in [-0.3, -0.25) is 0 Å². The molecule has 17 heavy (non-hydrogen) atoms. The van der Waals surface area contributed by atoms with Crippen LogP contribution in [-0.2, 0) is 0 Å². The number of hydrogen-bond acceptors (Lipinski definition) is 4. The van der Waals surface area contributed by atoms with Crippen LogP contribution in [0.4, 0.5) is 0 Å². The van der Waals surface area contributed by atoms with Gasteiger partial charge in [0.15, 0.2) is 5.58 Å². The Morgan fingerprint density at radius 3 is 3.18 bits per heavy atom. The minimum absolute atomic E-state index is 0.142. The molecule has 0 saturated carbocycles. The lowest BCUT2D eigenvalue weighted by atomic mass is 10.00. The van der Waals surface area contributed by atoms with E-state index in [4.69, 9.17) is 21.8 Å². The molecule has 1 aliphatic rings. The zero-order chi connectivity index (χ0) is 11.8. The van der Waals surface area contributed by atoms with E-state index in [0.29, 0.717) is 22.4 Å². The average molecular weight is 252 g/mol. The topological polar surface area (TPSA) is 64.1 Å². The number of rotatable bonds is 2. The Labute approximate surface area is 104 Å². The Bertz CT molecular complexity index is 534. The second-order valence-electron chi connectivity index (χ2n) is 4.44. The van der Waals surface area contributed by atoms with E-state index < -0.39 is 0 Å². The second kappa shape index (κ2) is 4.29. The summed E-state index contributed by atoms with van der Waals surface area (Å²) in [4.78, 5) is 4.42. The number of benzene rings is 1. The lowest BCUT2D eigenvalue weighted by Gasteiger charge is -2.13. The van der Waals surface area contributed by atoms with Crippen molar-refractivity contribution in [2.75, 3.05) is 13.1 Å². The molecule has 2 atom stereocenters. The highest BCUT2D eigenvalue weighted by Gasteiger charge is 2.26. The van der Waals surface area contributed by atoms with E-state index >= 15 is 0 Å². The smallest absolute Gasteiger partial charge is 0.212 e. The van der Waals surface area contributed by atoms with Gasteiger partial charge in [0.05, 0.1) is 6.04 Å². The Hall–Kier alpha value is -1.10. The summed E-state index contributed by atoms with van der Waals surface area (Å²) in [6.45, 7) is 1.95. The fourth-order valence-corrected chi connectivity index (χ4v) is 2.41. The fraction of sp³-hybridized carbons (Fsp3) is 0.417. The largest absolute Gasteiger partial charge is 0.439 e. The van der Waals surface area contributed by atoms with Crippen molar-refractivity contribution in [3.05, 3.63) is 29.1 Å². The molecule has 0 bridgehead atoms. The average Bonchev–Trinajstić information content (AvgIpc) is 2.96. The summed E-state index contributed by atoms with van der Waals surface area (Å²) in [5, 5.41) is 3.94. The molecule has 1 aromatic carbocycles. The molecule has 2 heterocycles. The van der Waals surface area contributed by atoms with E-state index in [9.17, 15) is 0 Å². The maximum atomic E-state index is 6.17. The molecule has 90 valence electrons. The van der Waals surface area contributed by atoms with Crippen molar-refractivity contribution in [2.45, 2.75) is 12.5 Å². The van der Waals surface area contributed by atoms with Crippen molar-refractivity contribution in [1.82, 2.24) is 10.3 Å². The summed E-state index contributed by atoms with van der Waals surface area (Å²) in [5.74, 6) is 1.01. The quantitative estimate of drug-likeness (QED) is 0.858. The van der Waals surface area contributed by atoms with Gasteiger partial charge >= 0.3 is 0 Å². The van der Waals surface area contributed by atoms with E-state index in [1.807, 2.05) is 6.07 Å². The van der Waals surface area contributed by atoms with Gasteiger partial charge in [-0.05, 0) is 37.6 Å². The fourth-order valence-electron chi connectivity index (χ4n) is 2.24. The highest BCUT2D eigenvalue weighted by Crippen LogP contribution is 2.27. The van der Waals surface area contributed by atoms with Crippen molar-refractivity contribution in [1.29, 1.82) is 0 Å². The lowest BCUT2D eigenvalue weighted by molar-refractivity contribution is 0.382. The number of aromatic nitrogens is 1. The summed E-state index contributed by atoms with van der Waals surface area (Å²) >= 11 is 5.91. The van der Waals surface area contributed by atoms with Crippen molar-refractivity contribution in [3.63, 3.8) is 0 Å². The molecule has 2 aromatic rings. The highest BCUT2D eigenvalue weighted by molar-refractivity contribution is 6.31. The van der Waals surface area contributed by atoms with Crippen molar-refractivity contribution >= 4 is 22.7 Å². The van der Waals surface area contributed by atoms with Gasteiger partial charge in [-0.2, -0.15) is 0 Å². The minimum atomic E-state index is -0.142. The molecule has 0 spiro atoms. The first kappa shape index (κ1) is 11.0. The lowest BCUT2D eigenvalue weighted by Crippen LogP contribution is -2.23. The van der Waals surface area contributed by atoms with E-state index in [0.717, 1.165) is 25.0 Å². The van der Waals surface area contributed by atoms with Crippen LogP contribution < -0.4 is 11.1 Å². The number of nitrogens with two attached hydrogens (primary N) is 1. The molecule has 3 rings (SSSR count). The molecule has 1 fully saturated rings. The standard InChI is InChI=1S/C12H14ClN3O/c13-8-1-2-9-10(5-8)17-12(16-9)11(14)7-3-4-15-6-7/h1-2,5,7,11,15H,3-4,6,14H2/t7-,11?/m1/s1. The Balaban J connectivity index is 1.94. The monoisotopic (exact) mass is 251 g/mol. The van der Waals surface area contributed by atoms with Crippen LogP contribution in [0.2, 0.25) is 5.02 Å². The van der Waals surface area contributed by atoms with Gasteiger partial charge in [0.1, 0.15) is 5.52 Å². The van der Waals surface area contributed by atoms with Crippen LogP contribution >= 0.6 is 11.6 Å². The number of oxazole rings is 1. The summed E-state index contributed by atoms with van der Waals surface area (Å²) in [5.41, 5.74) is 7.69. The molecule has 1 aromatic heterocycles. The van der Waals surface area contributed by atoms with Gasteiger partial charge in [0.25, 0.3) is 0 Å². The van der Waals surface area contributed by atoms with Crippen LogP contribution in [0.25, 0.3) is 11.1 Å². The van der Waals surface area contributed by atoms with E-state index in [1.54, 1.807) is 12.1 Å². The van der Waals surface area contributed by atoms with Crippen LogP contribution in [0.15, 0.2) is 22.6 Å². The molecule has 0 aliphatic carbocycles. The molecule has 5 heteroatoms. The molecular weight excluding hydrogens is 238 g/mol. The maximum absolute atomic E-state index is 6.17. The van der Waals surface area contributed by atoms with Crippen LogP contribution in [-0.4, -0.2) is 18.1 Å². The number of hydrogen-bond donors (Lipinski definition) is 2.